The van der Waals surface area contributed by atoms with Gasteiger partial charge < -0.3 is 15.0 Å². The van der Waals surface area contributed by atoms with Gasteiger partial charge in [-0.3, -0.25) is 14.9 Å². The molecule has 10 heteroatoms. The SMILES string of the molecule is CN(C)c1ccc(C(=O)OCC(=O)Nc2ccc(F)c(Cl)c2)cc1[N+](=O)[O-]. The van der Waals surface area contributed by atoms with Crippen molar-refractivity contribution >= 4 is 40.5 Å². The Morgan fingerprint density at radius 3 is 2.56 bits per heavy atom. The standard InChI is InChI=1S/C17H15ClFN3O5/c1-21(2)14-6-3-10(7-15(14)22(25)26)17(24)27-9-16(23)20-11-4-5-13(19)12(18)8-11/h3-8H,9H2,1-2H3,(H,20,23). The molecule has 0 spiro atoms. The summed E-state index contributed by atoms with van der Waals surface area (Å²) in [6, 6.07) is 7.44. The summed E-state index contributed by atoms with van der Waals surface area (Å²) < 4.78 is 17.9. The lowest BCUT2D eigenvalue weighted by molar-refractivity contribution is -0.384. The molecule has 0 aromatic heterocycles. The summed E-state index contributed by atoms with van der Waals surface area (Å²) in [4.78, 5) is 35.9. The second-order valence-corrected chi connectivity index (χ2v) is 6.02. The molecule has 0 bridgehead atoms. The van der Waals surface area contributed by atoms with E-state index in [2.05, 4.69) is 5.32 Å². The molecule has 2 aromatic rings. The van der Waals surface area contributed by atoms with Gasteiger partial charge in [-0.15, -0.1) is 0 Å². The Hall–Kier alpha value is -3.20. The fourth-order valence-corrected chi connectivity index (χ4v) is 2.34. The number of nitro groups is 1. The van der Waals surface area contributed by atoms with Crippen LogP contribution in [0.1, 0.15) is 10.4 Å². The number of carbonyl (C=O) groups is 2. The van der Waals surface area contributed by atoms with E-state index in [0.717, 1.165) is 12.1 Å². The van der Waals surface area contributed by atoms with E-state index in [-0.39, 0.29) is 22.0 Å². The van der Waals surface area contributed by atoms with Crippen LogP contribution in [0.5, 0.6) is 0 Å². The Balaban J connectivity index is 2.02. The van der Waals surface area contributed by atoms with Crippen LogP contribution in [0.2, 0.25) is 5.02 Å². The number of esters is 1. The summed E-state index contributed by atoms with van der Waals surface area (Å²) in [5.74, 6) is -2.20. The molecular weight excluding hydrogens is 381 g/mol. The lowest BCUT2D eigenvalue weighted by Crippen LogP contribution is -2.21. The van der Waals surface area contributed by atoms with Crippen molar-refractivity contribution in [2.75, 3.05) is 30.9 Å². The minimum absolute atomic E-state index is 0.0649. The van der Waals surface area contributed by atoms with E-state index in [1.807, 2.05) is 0 Å². The number of nitro benzene ring substituents is 1. The van der Waals surface area contributed by atoms with E-state index < -0.39 is 29.2 Å². The highest BCUT2D eigenvalue weighted by molar-refractivity contribution is 6.31. The highest BCUT2D eigenvalue weighted by Crippen LogP contribution is 2.28. The zero-order valence-corrected chi connectivity index (χ0v) is 15.1. The molecule has 2 aromatic carbocycles. The average Bonchev–Trinajstić information content (AvgIpc) is 2.62. The van der Waals surface area contributed by atoms with E-state index in [4.69, 9.17) is 16.3 Å². The van der Waals surface area contributed by atoms with Crippen molar-refractivity contribution in [1.82, 2.24) is 0 Å². The lowest BCUT2D eigenvalue weighted by Gasteiger charge is -2.13. The van der Waals surface area contributed by atoms with E-state index in [1.54, 1.807) is 14.1 Å². The Morgan fingerprint density at radius 2 is 1.96 bits per heavy atom. The molecule has 8 nitrogen and oxygen atoms in total. The van der Waals surface area contributed by atoms with E-state index >= 15 is 0 Å². The molecule has 0 aliphatic rings. The third-order valence-corrected chi connectivity index (χ3v) is 3.72. The van der Waals surface area contributed by atoms with Crippen molar-refractivity contribution in [3.63, 3.8) is 0 Å². The number of ether oxygens (including phenoxy) is 1. The predicted molar refractivity (Wildman–Crippen MR) is 97.7 cm³/mol. The van der Waals surface area contributed by atoms with Gasteiger partial charge in [-0.25, -0.2) is 9.18 Å². The van der Waals surface area contributed by atoms with Crippen molar-refractivity contribution in [3.8, 4) is 0 Å². The van der Waals surface area contributed by atoms with E-state index in [1.165, 1.54) is 29.2 Å². The Kier molecular flexibility index (Phi) is 6.30. The van der Waals surface area contributed by atoms with Crippen LogP contribution >= 0.6 is 11.6 Å². The summed E-state index contributed by atoms with van der Waals surface area (Å²) in [5, 5.41) is 13.4. The number of rotatable bonds is 6. The van der Waals surface area contributed by atoms with Gasteiger partial charge in [0.25, 0.3) is 11.6 Å². The monoisotopic (exact) mass is 395 g/mol. The van der Waals surface area contributed by atoms with Gasteiger partial charge in [0.1, 0.15) is 11.5 Å². The number of nitrogens with one attached hydrogen (secondary N) is 1. The first-order valence-electron chi connectivity index (χ1n) is 7.57. The number of carbonyl (C=O) groups excluding carboxylic acids is 2. The van der Waals surface area contributed by atoms with Gasteiger partial charge in [-0.05, 0) is 30.3 Å². The maximum atomic E-state index is 13.1. The molecule has 0 unspecified atom stereocenters. The Morgan fingerprint density at radius 1 is 1.26 bits per heavy atom. The minimum Gasteiger partial charge on any atom is -0.452 e. The Labute approximate surface area is 158 Å². The fraction of sp³-hybridized carbons (Fsp3) is 0.176. The van der Waals surface area contributed by atoms with Crippen molar-refractivity contribution in [3.05, 3.63) is 62.9 Å². The van der Waals surface area contributed by atoms with Crippen LogP contribution in [-0.4, -0.2) is 37.5 Å². The summed E-state index contributed by atoms with van der Waals surface area (Å²) in [6.07, 6.45) is 0. The first-order valence-corrected chi connectivity index (χ1v) is 7.94. The van der Waals surface area contributed by atoms with Crippen LogP contribution in [0.4, 0.5) is 21.5 Å². The Bertz CT molecular complexity index is 904. The molecule has 0 saturated heterocycles. The van der Waals surface area contributed by atoms with E-state index in [9.17, 15) is 24.1 Å². The van der Waals surface area contributed by atoms with Crippen LogP contribution < -0.4 is 10.2 Å². The van der Waals surface area contributed by atoms with Crippen molar-refractivity contribution in [1.29, 1.82) is 0 Å². The second kappa shape index (κ2) is 8.45. The highest BCUT2D eigenvalue weighted by atomic mass is 35.5. The largest absolute Gasteiger partial charge is 0.452 e. The zero-order chi connectivity index (χ0) is 20.1. The van der Waals surface area contributed by atoms with Crippen LogP contribution in [0.15, 0.2) is 36.4 Å². The van der Waals surface area contributed by atoms with Crippen LogP contribution in [-0.2, 0) is 9.53 Å². The highest BCUT2D eigenvalue weighted by Gasteiger charge is 2.20. The molecule has 0 fully saturated rings. The van der Waals surface area contributed by atoms with Crippen molar-refractivity contribution in [2.45, 2.75) is 0 Å². The number of hydrogen-bond donors (Lipinski definition) is 1. The van der Waals surface area contributed by atoms with Gasteiger partial charge in [-0.2, -0.15) is 0 Å². The lowest BCUT2D eigenvalue weighted by atomic mass is 10.1. The fourth-order valence-electron chi connectivity index (χ4n) is 2.16. The van der Waals surface area contributed by atoms with Gasteiger partial charge in [0, 0.05) is 25.8 Å². The third kappa shape index (κ3) is 5.14. The molecule has 0 aliphatic carbocycles. The molecular formula is C17H15ClFN3O5. The number of nitrogens with zero attached hydrogens (tertiary/aromatic N) is 2. The smallest absolute Gasteiger partial charge is 0.338 e. The quantitative estimate of drug-likeness (QED) is 0.457. The molecule has 0 atom stereocenters. The molecule has 0 radical (unpaired) electrons. The number of amides is 1. The van der Waals surface area contributed by atoms with Crippen LogP contribution in [0, 0.1) is 15.9 Å². The van der Waals surface area contributed by atoms with Gasteiger partial charge in [-0.1, -0.05) is 11.6 Å². The predicted octanol–water partition coefficient (Wildman–Crippen LogP) is 3.25. The molecule has 0 aliphatic heterocycles. The first-order chi connectivity index (χ1) is 12.7. The zero-order valence-electron chi connectivity index (χ0n) is 14.4. The van der Waals surface area contributed by atoms with Crippen LogP contribution in [0.3, 0.4) is 0 Å². The average molecular weight is 396 g/mol. The number of benzene rings is 2. The van der Waals surface area contributed by atoms with E-state index in [0.29, 0.717) is 5.69 Å². The number of anilines is 2. The molecule has 2 rings (SSSR count). The molecule has 1 amide bonds. The van der Waals surface area contributed by atoms with Crippen LogP contribution in [0.25, 0.3) is 0 Å². The molecule has 142 valence electrons. The maximum Gasteiger partial charge on any atom is 0.338 e. The van der Waals surface area contributed by atoms with Gasteiger partial charge in [0.05, 0.1) is 15.5 Å². The van der Waals surface area contributed by atoms with Gasteiger partial charge in [0.15, 0.2) is 6.61 Å². The topological polar surface area (TPSA) is 102 Å². The number of halogens is 2. The summed E-state index contributed by atoms with van der Waals surface area (Å²) >= 11 is 5.61. The summed E-state index contributed by atoms with van der Waals surface area (Å²) in [5.41, 5.74) is 0.223. The van der Waals surface area contributed by atoms with Crippen molar-refractivity contribution in [2.24, 2.45) is 0 Å². The van der Waals surface area contributed by atoms with Gasteiger partial charge >= 0.3 is 5.97 Å². The molecule has 0 heterocycles. The molecule has 27 heavy (non-hydrogen) atoms. The summed E-state index contributed by atoms with van der Waals surface area (Å²) in [7, 11) is 3.26. The normalized spacial score (nSPS) is 10.2. The first kappa shape index (κ1) is 20.1. The molecule has 0 saturated carbocycles. The third-order valence-electron chi connectivity index (χ3n) is 3.43. The van der Waals surface area contributed by atoms with Gasteiger partial charge in [0.2, 0.25) is 0 Å². The molecule has 1 N–H and O–H groups in total. The maximum absolute atomic E-state index is 13.1. The second-order valence-electron chi connectivity index (χ2n) is 5.61. The summed E-state index contributed by atoms with van der Waals surface area (Å²) in [6.45, 7) is -0.628. The number of hydrogen-bond acceptors (Lipinski definition) is 6. The van der Waals surface area contributed by atoms with Crippen molar-refractivity contribution < 1.29 is 23.6 Å². The minimum atomic E-state index is -0.893.